The van der Waals surface area contributed by atoms with Gasteiger partial charge in [0.15, 0.2) is 5.65 Å². The van der Waals surface area contributed by atoms with Crippen LogP contribution in [0.4, 0.5) is 5.69 Å². The molecule has 0 aliphatic rings. The average Bonchev–Trinajstić information content (AvgIpc) is 3.31. The number of amides is 1. The Morgan fingerprint density at radius 3 is 2.93 bits per heavy atom. The third-order valence-electron chi connectivity index (χ3n) is 4.26. The van der Waals surface area contributed by atoms with E-state index in [1.54, 1.807) is 72.6 Å². The molecule has 0 radical (unpaired) electrons. The fourth-order valence-electron chi connectivity index (χ4n) is 2.98. The minimum Gasteiger partial charge on any atom is -0.496 e. The Labute approximate surface area is 190 Å². The molecule has 152 valence electrons. The lowest BCUT2D eigenvalue weighted by atomic mass is 10.1. The normalized spacial score (nSPS) is 10.9. The number of hydrogen-bond acceptors (Lipinski definition) is 7. The number of carbonyl (C=O) groups is 2. The van der Waals surface area contributed by atoms with E-state index in [0.29, 0.717) is 38.8 Å². The predicted octanol–water partition coefficient (Wildman–Crippen LogP) is 3.10. The third-order valence-corrected chi connectivity index (χ3v) is 4.88. The highest BCUT2D eigenvalue weighted by atomic mass is 127. The van der Waals surface area contributed by atoms with Crippen molar-refractivity contribution in [1.82, 2.24) is 24.4 Å². The topological polar surface area (TPSA) is 103 Å². The van der Waals surface area contributed by atoms with Gasteiger partial charge in [0.2, 0.25) is 3.79 Å². The summed E-state index contributed by atoms with van der Waals surface area (Å²) in [5.41, 5.74) is 2.26. The lowest BCUT2D eigenvalue weighted by Crippen LogP contribution is -2.12. The van der Waals surface area contributed by atoms with Crippen LogP contribution in [0.3, 0.4) is 0 Å². The van der Waals surface area contributed by atoms with Crippen LogP contribution in [-0.4, -0.2) is 41.2 Å². The molecule has 9 nitrogen and oxygen atoms in total. The molecule has 0 unspecified atom stereocenters. The lowest BCUT2D eigenvalue weighted by Gasteiger charge is -2.09. The van der Waals surface area contributed by atoms with E-state index >= 15 is 0 Å². The number of benzene rings is 1. The van der Waals surface area contributed by atoms with Crippen LogP contribution in [0.2, 0.25) is 0 Å². The highest BCUT2D eigenvalue weighted by Crippen LogP contribution is 2.36. The lowest BCUT2D eigenvalue weighted by molar-refractivity contribution is -0.110. The fraction of sp³-hybridized carbons (Fsp3) is 0.105. The van der Waals surface area contributed by atoms with Crippen LogP contribution in [0.5, 0.6) is 5.75 Å². The number of halogens is 1. The summed E-state index contributed by atoms with van der Waals surface area (Å²) in [7, 11) is 1.55. The molecule has 1 aromatic carbocycles. The number of nitrogens with one attached hydrogen (secondary N) is 1. The Balaban J connectivity index is 1.77. The van der Waals surface area contributed by atoms with Gasteiger partial charge >= 0.3 is 0 Å². The molecule has 0 atom stereocenters. The molecule has 4 aromatic rings. The Kier molecular flexibility index (Phi) is 5.72. The highest BCUT2D eigenvalue weighted by molar-refractivity contribution is 14.1. The molecule has 0 fully saturated rings. The first kappa shape index (κ1) is 20.3. The van der Waals surface area contributed by atoms with E-state index in [2.05, 4.69) is 33.1 Å². The van der Waals surface area contributed by atoms with Gasteiger partial charge in [-0.2, -0.15) is 10.2 Å². The zero-order valence-corrected chi connectivity index (χ0v) is 18.7. The fourth-order valence-corrected chi connectivity index (χ4v) is 3.53. The second-order valence-electron chi connectivity index (χ2n) is 6.23. The first-order valence-corrected chi connectivity index (χ1v) is 10.2. The van der Waals surface area contributed by atoms with Gasteiger partial charge in [0, 0.05) is 51.6 Å². The van der Waals surface area contributed by atoms with Gasteiger partial charge in [-0.15, -0.1) is 12.6 Å². The summed E-state index contributed by atoms with van der Waals surface area (Å²) >= 11 is 6.10. The van der Waals surface area contributed by atoms with Crippen LogP contribution in [0.15, 0.2) is 53.9 Å². The Morgan fingerprint density at radius 2 is 2.17 bits per heavy atom. The van der Waals surface area contributed by atoms with Crippen LogP contribution in [0.1, 0.15) is 10.4 Å². The average molecular weight is 534 g/mol. The number of ether oxygens (including phenoxy) is 1. The molecule has 30 heavy (non-hydrogen) atoms. The first-order valence-electron chi connectivity index (χ1n) is 8.69. The van der Waals surface area contributed by atoms with Crippen LogP contribution in [0, 0.1) is 0 Å². The number of methoxy groups -OCH3 is 1. The van der Waals surface area contributed by atoms with Crippen molar-refractivity contribution in [2.24, 2.45) is 0 Å². The molecule has 1 N–H and O–H groups in total. The molecule has 0 saturated heterocycles. The highest BCUT2D eigenvalue weighted by Gasteiger charge is 2.21. The van der Waals surface area contributed by atoms with Crippen molar-refractivity contribution in [2.45, 2.75) is 11.4 Å². The quantitative estimate of drug-likeness (QED) is 0.224. The Morgan fingerprint density at radius 1 is 1.33 bits per heavy atom. The van der Waals surface area contributed by atoms with E-state index in [0.717, 1.165) is 0 Å². The molecule has 0 aliphatic carbocycles. The zero-order chi connectivity index (χ0) is 21.3. The van der Waals surface area contributed by atoms with E-state index in [9.17, 15) is 9.59 Å². The molecule has 0 spiro atoms. The minimum atomic E-state index is -0.397. The number of rotatable bonds is 6. The third kappa shape index (κ3) is 4.03. The van der Waals surface area contributed by atoms with Gasteiger partial charge in [-0.1, -0.05) is 0 Å². The number of fused-ring (bicyclic) bond motifs is 1. The second-order valence-corrected chi connectivity index (χ2v) is 7.95. The van der Waals surface area contributed by atoms with Gasteiger partial charge in [0.25, 0.3) is 5.91 Å². The summed E-state index contributed by atoms with van der Waals surface area (Å²) in [4.78, 5) is 29.5. The van der Waals surface area contributed by atoms with Crippen molar-refractivity contribution in [3.8, 4) is 17.0 Å². The van der Waals surface area contributed by atoms with Crippen molar-refractivity contribution in [3.05, 3.63) is 54.6 Å². The van der Waals surface area contributed by atoms with E-state index < -0.39 is 5.91 Å². The summed E-state index contributed by atoms with van der Waals surface area (Å²) in [5, 5.41) is 11.5. The summed E-state index contributed by atoms with van der Waals surface area (Å²) < 4.78 is 8.34. The molecule has 1 amide bonds. The first-order chi connectivity index (χ1) is 14.5. The van der Waals surface area contributed by atoms with Crippen molar-refractivity contribution < 1.29 is 14.3 Å². The molecule has 0 saturated carbocycles. The number of hydrogen-bond donors (Lipinski definition) is 2. The van der Waals surface area contributed by atoms with Gasteiger partial charge in [-0.25, -0.2) is 9.50 Å². The molecule has 3 heterocycles. The zero-order valence-electron chi connectivity index (χ0n) is 15.6. The minimum absolute atomic E-state index is 0.0601. The van der Waals surface area contributed by atoms with Crippen molar-refractivity contribution in [2.75, 3.05) is 12.4 Å². The number of anilines is 1. The molecule has 0 bridgehead atoms. The van der Waals surface area contributed by atoms with Crippen LogP contribution in [0.25, 0.3) is 16.9 Å². The Hall–Kier alpha value is -2.93. The SMILES string of the molecule is COc1ccc(S)cc1-c1nn(CC(=O)I)cc1NC(=O)c1cnn2cccnc12. The number of aromatic nitrogens is 5. The smallest absolute Gasteiger partial charge is 0.261 e. The van der Waals surface area contributed by atoms with Crippen LogP contribution < -0.4 is 10.1 Å². The van der Waals surface area contributed by atoms with Gasteiger partial charge in [0.05, 0.1) is 19.0 Å². The largest absolute Gasteiger partial charge is 0.496 e. The van der Waals surface area contributed by atoms with Gasteiger partial charge in [-0.05, 0) is 24.3 Å². The number of nitrogens with zero attached hydrogens (tertiary/aromatic N) is 5. The molecular weight excluding hydrogens is 519 g/mol. The maximum atomic E-state index is 13.0. The van der Waals surface area contributed by atoms with Gasteiger partial charge in [-0.3, -0.25) is 14.3 Å². The van der Waals surface area contributed by atoms with Crippen LogP contribution >= 0.6 is 35.2 Å². The second kappa shape index (κ2) is 8.44. The van der Waals surface area contributed by atoms with Gasteiger partial charge < -0.3 is 10.1 Å². The molecule has 3 aromatic heterocycles. The van der Waals surface area contributed by atoms with Crippen molar-refractivity contribution in [1.29, 1.82) is 0 Å². The molecule has 11 heteroatoms. The Bertz CT molecular complexity index is 1270. The summed E-state index contributed by atoms with van der Waals surface area (Å²) in [6.45, 7) is 0.0601. The summed E-state index contributed by atoms with van der Waals surface area (Å²) in [6, 6.07) is 7.06. The summed E-state index contributed by atoms with van der Waals surface area (Å²) in [5.74, 6) is 0.165. The predicted molar refractivity (Wildman–Crippen MR) is 121 cm³/mol. The van der Waals surface area contributed by atoms with Crippen LogP contribution in [-0.2, 0) is 11.3 Å². The maximum absolute atomic E-state index is 13.0. The van der Waals surface area contributed by atoms with E-state index in [1.165, 1.54) is 15.4 Å². The molecular formula is C19H15IN6O3S. The molecule has 0 aliphatic heterocycles. The van der Waals surface area contributed by atoms with E-state index in [1.807, 2.05) is 0 Å². The van der Waals surface area contributed by atoms with E-state index in [-0.39, 0.29) is 10.3 Å². The van der Waals surface area contributed by atoms with E-state index in [4.69, 9.17) is 4.74 Å². The number of carbonyl (C=O) groups excluding carboxylic acids is 2. The van der Waals surface area contributed by atoms with Crippen molar-refractivity contribution in [3.63, 3.8) is 0 Å². The van der Waals surface area contributed by atoms with Crippen molar-refractivity contribution >= 4 is 56.3 Å². The monoisotopic (exact) mass is 534 g/mol. The summed E-state index contributed by atoms with van der Waals surface area (Å²) in [6.07, 6.45) is 6.35. The standard InChI is InChI=1S/C19H15IN6O3S/c1-29-15-4-3-11(30)7-12(15)17-14(9-25(24-17)10-16(20)27)23-19(28)13-8-22-26-6-2-5-21-18(13)26/h2-9,30H,10H2,1H3,(H,23,28). The molecule has 4 rings (SSSR count). The maximum Gasteiger partial charge on any atom is 0.261 e. The number of thiol groups is 1. The van der Waals surface area contributed by atoms with Gasteiger partial charge in [0.1, 0.15) is 23.6 Å².